The largest absolute Gasteiger partial charge is 0.340 e. The van der Waals surface area contributed by atoms with Crippen molar-refractivity contribution >= 4 is 69.7 Å². The van der Waals surface area contributed by atoms with Crippen LogP contribution in [0, 0.1) is 0 Å². The number of para-hydroxylation sites is 2. The minimum absolute atomic E-state index is 0.407. The van der Waals surface area contributed by atoms with Crippen LogP contribution in [-0.4, -0.2) is 8.64 Å². The first-order valence-electron chi connectivity index (χ1n) is 3.68. The molecule has 0 aliphatic rings. The third-order valence-corrected chi connectivity index (χ3v) is 1.84. The maximum absolute atomic E-state index is 4.82. The van der Waals surface area contributed by atoms with Gasteiger partial charge in [0.1, 0.15) is 8.64 Å². The zero-order valence-corrected chi connectivity index (χ0v) is 10.4. The Kier molecular flexibility index (Phi) is 4.67. The Labute approximate surface area is 104 Å². The minimum atomic E-state index is 0.407. The molecule has 2 nitrogen and oxygen atoms in total. The zero-order chi connectivity index (χ0) is 10.6. The third-order valence-electron chi connectivity index (χ3n) is 1.41. The Morgan fingerprint density at radius 1 is 0.929 bits per heavy atom. The fourth-order valence-electron chi connectivity index (χ4n) is 0.932. The van der Waals surface area contributed by atoms with Crippen LogP contribution < -0.4 is 10.6 Å². The smallest absolute Gasteiger partial charge is 0.135 e. The highest BCUT2D eigenvalue weighted by Gasteiger charge is 2.01. The number of rotatable bonds is 2. The number of hydrogen-bond acceptors (Lipinski definition) is 2. The van der Waals surface area contributed by atoms with Gasteiger partial charge in [-0.1, -0.05) is 36.6 Å². The molecule has 1 rings (SSSR count). The van der Waals surface area contributed by atoms with Gasteiger partial charge in [-0.05, 0) is 12.1 Å². The van der Waals surface area contributed by atoms with Crippen molar-refractivity contribution in [1.29, 1.82) is 0 Å². The van der Waals surface area contributed by atoms with E-state index < -0.39 is 0 Å². The van der Waals surface area contributed by atoms with Crippen molar-refractivity contribution in [3.05, 3.63) is 24.3 Å². The molecule has 0 aliphatic carbocycles. The Morgan fingerprint density at radius 2 is 1.29 bits per heavy atom. The summed E-state index contributed by atoms with van der Waals surface area (Å²) in [5.41, 5.74) is 1.65. The van der Waals surface area contributed by atoms with Crippen molar-refractivity contribution in [3.63, 3.8) is 0 Å². The van der Waals surface area contributed by atoms with Crippen molar-refractivity contribution < 1.29 is 0 Å². The second-order valence-electron chi connectivity index (χ2n) is 2.41. The number of thiocarbonyl (C=S) groups is 2. The van der Waals surface area contributed by atoms with Crippen LogP contribution in [0.5, 0.6) is 0 Å². The SMILES string of the molecule is S=C(S)Nc1ccccc1NC(=S)S. The fourth-order valence-corrected chi connectivity index (χ4v) is 1.39. The van der Waals surface area contributed by atoms with Gasteiger partial charge in [-0.25, -0.2) is 0 Å². The first-order chi connectivity index (χ1) is 6.59. The van der Waals surface area contributed by atoms with Gasteiger partial charge in [0.15, 0.2) is 0 Å². The molecule has 14 heavy (non-hydrogen) atoms. The molecule has 0 bridgehead atoms. The van der Waals surface area contributed by atoms with Crippen LogP contribution in [0.4, 0.5) is 11.4 Å². The summed E-state index contributed by atoms with van der Waals surface area (Å²) in [5, 5.41) is 5.84. The van der Waals surface area contributed by atoms with E-state index in [0.29, 0.717) is 8.64 Å². The van der Waals surface area contributed by atoms with Gasteiger partial charge < -0.3 is 10.6 Å². The summed E-state index contributed by atoms with van der Waals surface area (Å²) in [5.74, 6) is 0. The zero-order valence-electron chi connectivity index (χ0n) is 7.02. The van der Waals surface area contributed by atoms with Gasteiger partial charge >= 0.3 is 0 Å². The molecule has 0 saturated carbocycles. The summed E-state index contributed by atoms with van der Waals surface area (Å²) < 4.78 is 0.814. The van der Waals surface area contributed by atoms with E-state index in [2.05, 4.69) is 35.9 Å². The van der Waals surface area contributed by atoms with Crippen molar-refractivity contribution in [2.24, 2.45) is 0 Å². The van der Waals surface area contributed by atoms with E-state index in [9.17, 15) is 0 Å². The summed E-state index contributed by atoms with van der Waals surface area (Å²) >= 11 is 17.6. The second-order valence-corrected chi connectivity index (χ2v) is 4.72. The molecule has 1 aromatic rings. The van der Waals surface area contributed by atoms with E-state index in [1.54, 1.807) is 0 Å². The Balaban J connectivity index is 2.90. The molecule has 0 unspecified atom stereocenters. The quantitative estimate of drug-likeness (QED) is 0.485. The van der Waals surface area contributed by atoms with Gasteiger partial charge in [0.25, 0.3) is 0 Å². The molecule has 74 valence electrons. The lowest BCUT2D eigenvalue weighted by Crippen LogP contribution is -2.07. The number of benzene rings is 1. The molecule has 0 amide bonds. The van der Waals surface area contributed by atoms with Gasteiger partial charge in [-0.15, -0.1) is 25.3 Å². The standard InChI is InChI=1S/C8H8N2S4/c11-7(12)9-5-3-1-2-4-6(5)10-8(13)14/h1-4H,(H2,9,11,12)(H2,10,13,14). The maximum Gasteiger partial charge on any atom is 0.135 e. The van der Waals surface area contributed by atoms with Crippen LogP contribution in [0.25, 0.3) is 0 Å². The average Bonchev–Trinajstić information content (AvgIpc) is 2.06. The lowest BCUT2D eigenvalue weighted by Gasteiger charge is -2.10. The Morgan fingerprint density at radius 3 is 1.57 bits per heavy atom. The minimum Gasteiger partial charge on any atom is -0.340 e. The molecule has 0 spiro atoms. The van der Waals surface area contributed by atoms with Crippen LogP contribution in [-0.2, 0) is 0 Å². The molecule has 1 aromatic carbocycles. The molecule has 0 aliphatic heterocycles. The molecular weight excluding hydrogens is 252 g/mol. The van der Waals surface area contributed by atoms with E-state index in [0.717, 1.165) is 11.4 Å². The van der Waals surface area contributed by atoms with Crippen LogP contribution in [0.2, 0.25) is 0 Å². The van der Waals surface area contributed by atoms with Gasteiger partial charge in [-0.2, -0.15) is 0 Å². The molecule has 0 aromatic heterocycles. The molecule has 0 radical (unpaired) electrons. The van der Waals surface area contributed by atoms with Gasteiger partial charge in [0.2, 0.25) is 0 Å². The summed E-state index contributed by atoms with van der Waals surface area (Å²) in [4.78, 5) is 0. The first-order valence-corrected chi connectivity index (χ1v) is 5.39. The third kappa shape index (κ3) is 3.83. The van der Waals surface area contributed by atoms with Crippen LogP contribution in [0.1, 0.15) is 0 Å². The lowest BCUT2D eigenvalue weighted by atomic mass is 10.2. The van der Waals surface area contributed by atoms with E-state index >= 15 is 0 Å². The second kappa shape index (κ2) is 5.55. The molecule has 0 saturated heterocycles. The van der Waals surface area contributed by atoms with Crippen molar-refractivity contribution in [2.45, 2.75) is 0 Å². The molecule has 0 heterocycles. The topological polar surface area (TPSA) is 24.1 Å². The predicted octanol–water partition coefficient (Wildman–Crippen LogP) is 2.94. The predicted molar refractivity (Wildman–Crippen MR) is 76.9 cm³/mol. The lowest BCUT2D eigenvalue weighted by molar-refractivity contribution is 1.63. The summed E-state index contributed by atoms with van der Waals surface area (Å²) in [6, 6.07) is 7.52. The molecular formula is C8H8N2S4. The van der Waals surface area contributed by atoms with E-state index in [1.165, 1.54) is 0 Å². The Hall–Kier alpha value is -0.300. The van der Waals surface area contributed by atoms with Gasteiger partial charge in [0, 0.05) is 0 Å². The Bertz CT molecular complexity index is 329. The fraction of sp³-hybridized carbons (Fsp3) is 0. The average molecular weight is 260 g/mol. The van der Waals surface area contributed by atoms with Crippen molar-refractivity contribution in [3.8, 4) is 0 Å². The highest BCUT2D eigenvalue weighted by molar-refractivity contribution is 8.11. The van der Waals surface area contributed by atoms with Crippen LogP contribution in [0.15, 0.2) is 24.3 Å². The molecule has 0 fully saturated rings. The molecule has 2 N–H and O–H groups in total. The summed E-state index contributed by atoms with van der Waals surface area (Å²) in [7, 11) is 0. The summed E-state index contributed by atoms with van der Waals surface area (Å²) in [6.45, 7) is 0. The van der Waals surface area contributed by atoms with Gasteiger partial charge in [0.05, 0.1) is 11.4 Å². The van der Waals surface area contributed by atoms with Crippen molar-refractivity contribution in [1.82, 2.24) is 0 Å². The highest BCUT2D eigenvalue weighted by Crippen LogP contribution is 2.21. The highest BCUT2D eigenvalue weighted by atomic mass is 32.1. The van der Waals surface area contributed by atoms with E-state index in [-0.39, 0.29) is 0 Å². The normalized spacial score (nSPS) is 9.29. The number of anilines is 2. The van der Waals surface area contributed by atoms with Crippen molar-refractivity contribution in [2.75, 3.05) is 10.6 Å². The number of hydrogen-bond donors (Lipinski definition) is 4. The molecule has 6 heteroatoms. The first kappa shape index (κ1) is 11.8. The summed E-state index contributed by atoms with van der Waals surface area (Å²) in [6.07, 6.45) is 0. The van der Waals surface area contributed by atoms with E-state index in [4.69, 9.17) is 24.4 Å². The number of nitrogens with one attached hydrogen (secondary N) is 2. The van der Waals surface area contributed by atoms with Crippen LogP contribution in [0.3, 0.4) is 0 Å². The van der Waals surface area contributed by atoms with E-state index in [1.807, 2.05) is 24.3 Å². The molecule has 0 atom stereocenters. The van der Waals surface area contributed by atoms with Crippen LogP contribution >= 0.6 is 49.7 Å². The maximum atomic E-state index is 4.82. The van der Waals surface area contributed by atoms with Gasteiger partial charge in [-0.3, -0.25) is 0 Å². The number of thiol groups is 2. The monoisotopic (exact) mass is 260 g/mol.